The molecule has 3 rings (SSSR count). The second-order valence-corrected chi connectivity index (χ2v) is 6.03. The summed E-state index contributed by atoms with van der Waals surface area (Å²) < 4.78 is 0. The van der Waals surface area contributed by atoms with Crippen LogP contribution in [0.5, 0.6) is 0 Å². The molecule has 2 N–H and O–H groups in total. The van der Waals surface area contributed by atoms with Crippen molar-refractivity contribution in [3.05, 3.63) is 58.7 Å². The van der Waals surface area contributed by atoms with Crippen LogP contribution in [0.1, 0.15) is 39.9 Å². The monoisotopic (exact) mass is 308 g/mol. The average molecular weight is 308 g/mol. The highest BCUT2D eigenvalue weighted by atomic mass is 16.2. The van der Waals surface area contributed by atoms with Crippen molar-refractivity contribution in [1.82, 2.24) is 0 Å². The van der Waals surface area contributed by atoms with Crippen molar-refractivity contribution >= 4 is 23.2 Å². The Kier molecular flexibility index (Phi) is 4.15. The highest BCUT2D eigenvalue weighted by Gasteiger charge is 2.15. The zero-order valence-electron chi connectivity index (χ0n) is 13.4. The molecule has 0 fully saturated rings. The highest BCUT2D eigenvalue weighted by Crippen LogP contribution is 2.24. The van der Waals surface area contributed by atoms with Gasteiger partial charge in [-0.15, -0.1) is 0 Å². The van der Waals surface area contributed by atoms with Gasteiger partial charge in [-0.05, 0) is 73.7 Å². The summed E-state index contributed by atoms with van der Waals surface area (Å²) in [4.78, 5) is 24.0. The number of carbonyl (C=O) groups excluding carboxylic acids is 2. The van der Waals surface area contributed by atoms with E-state index in [1.54, 1.807) is 6.07 Å². The smallest absolute Gasteiger partial charge is 0.255 e. The van der Waals surface area contributed by atoms with E-state index in [-0.39, 0.29) is 11.8 Å². The van der Waals surface area contributed by atoms with Gasteiger partial charge >= 0.3 is 0 Å². The molecular weight excluding hydrogens is 288 g/mol. The lowest BCUT2D eigenvalue weighted by atomic mass is 10.0. The number of benzene rings is 2. The summed E-state index contributed by atoms with van der Waals surface area (Å²) >= 11 is 0. The second kappa shape index (κ2) is 6.24. The molecule has 2 aromatic rings. The molecule has 1 heterocycles. The van der Waals surface area contributed by atoms with Crippen molar-refractivity contribution in [3.8, 4) is 0 Å². The van der Waals surface area contributed by atoms with E-state index in [1.165, 1.54) is 5.56 Å². The van der Waals surface area contributed by atoms with Crippen LogP contribution in [0.2, 0.25) is 0 Å². The molecule has 1 aliphatic heterocycles. The van der Waals surface area contributed by atoms with Crippen molar-refractivity contribution in [2.75, 3.05) is 10.6 Å². The van der Waals surface area contributed by atoms with E-state index in [0.29, 0.717) is 12.0 Å². The molecule has 0 saturated carbocycles. The summed E-state index contributed by atoms with van der Waals surface area (Å²) in [5.74, 6) is -0.0947. The Bertz CT molecular complexity index is 781. The predicted molar refractivity (Wildman–Crippen MR) is 91.9 cm³/mol. The van der Waals surface area contributed by atoms with Crippen LogP contribution in [0.15, 0.2) is 36.4 Å². The maximum absolute atomic E-state index is 12.4. The molecule has 0 aromatic heterocycles. The van der Waals surface area contributed by atoms with E-state index in [4.69, 9.17) is 0 Å². The molecule has 4 nitrogen and oxygen atoms in total. The van der Waals surface area contributed by atoms with Crippen molar-refractivity contribution in [1.29, 1.82) is 0 Å². The fourth-order valence-electron chi connectivity index (χ4n) is 2.74. The predicted octanol–water partition coefficient (Wildman–Crippen LogP) is 3.83. The first-order valence-electron chi connectivity index (χ1n) is 7.84. The molecule has 118 valence electrons. The van der Waals surface area contributed by atoms with E-state index in [9.17, 15) is 9.59 Å². The molecule has 0 spiro atoms. The lowest BCUT2D eigenvalue weighted by Gasteiger charge is -2.11. The van der Waals surface area contributed by atoms with Crippen LogP contribution in [0.25, 0.3) is 0 Å². The van der Waals surface area contributed by atoms with E-state index in [0.717, 1.165) is 35.3 Å². The van der Waals surface area contributed by atoms with Crippen molar-refractivity contribution < 1.29 is 9.59 Å². The Hall–Kier alpha value is -2.62. The molecule has 4 heteroatoms. The first-order chi connectivity index (χ1) is 11.0. The summed E-state index contributed by atoms with van der Waals surface area (Å²) in [6, 6.07) is 11.3. The fourth-order valence-corrected chi connectivity index (χ4v) is 2.74. The van der Waals surface area contributed by atoms with Crippen LogP contribution in [-0.4, -0.2) is 11.8 Å². The standard InChI is InChI=1S/C19H20N2O2/c1-12-6-8-16(10-13(12)2)20-19(23)15-7-9-17-14(11-15)4-3-5-18(22)21-17/h6-11H,3-5H2,1-2H3,(H,20,23)(H,21,22). The van der Waals surface area contributed by atoms with Gasteiger partial charge in [0, 0.05) is 23.4 Å². The minimum atomic E-state index is -0.133. The Morgan fingerprint density at radius 1 is 1.04 bits per heavy atom. The number of nitrogens with one attached hydrogen (secondary N) is 2. The van der Waals surface area contributed by atoms with Gasteiger partial charge in [-0.2, -0.15) is 0 Å². The van der Waals surface area contributed by atoms with Crippen molar-refractivity contribution in [3.63, 3.8) is 0 Å². The summed E-state index contributed by atoms with van der Waals surface area (Å²) in [5.41, 5.74) is 5.58. The molecule has 23 heavy (non-hydrogen) atoms. The van der Waals surface area contributed by atoms with Gasteiger partial charge in [0.15, 0.2) is 0 Å². The fraction of sp³-hybridized carbons (Fsp3) is 0.263. The largest absolute Gasteiger partial charge is 0.326 e. The number of anilines is 2. The zero-order chi connectivity index (χ0) is 16.4. The first-order valence-corrected chi connectivity index (χ1v) is 7.84. The van der Waals surface area contributed by atoms with Gasteiger partial charge in [-0.1, -0.05) is 6.07 Å². The lowest BCUT2D eigenvalue weighted by Crippen LogP contribution is -2.13. The minimum absolute atomic E-state index is 0.0380. The molecule has 2 amide bonds. The molecule has 1 aliphatic rings. The van der Waals surface area contributed by atoms with Gasteiger partial charge in [-0.3, -0.25) is 9.59 Å². The van der Waals surface area contributed by atoms with Crippen molar-refractivity contribution in [2.45, 2.75) is 33.1 Å². The number of carbonyl (C=O) groups is 2. The van der Waals surface area contributed by atoms with Crippen LogP contribution < -0.4 is 10.6 Å². The molecule has 0 bridgehead atoms. The molecule has 0 aliphatic carbocycles. The summed E-state index contributed by atoms with van der Waals surface area (Å²) in [7, 11) is 0. The minimum Gasteiger partial charge on any atom is -0.326 e. The van der Waals surface area contributed by atoms with Gasteiger partial charge in [-0.25, -0.2) is 0 Å². The SMILES string of the molecule is Cc1ccc(NC(=O)c2ccc3c(c2)CCCC(=O)N3)cc1C. The van der Waals surface area contributed by atoms with E-state index in [1.807, 2.05) is 44.2 Å². The van der Waals surface area contributed by atoms with Crippen LogP contribution in [0, 0.1) is 13.8 Å². The Labute approximate surface area is 135 Å². The van der Waals surface area contributed by atoms with Crippen LogP contribution in [0.3, 0.4) is 0 Å². The quantitative estimate of drug-likeness (QED) is 0.886. The summed E-state index contributed by atoms with van der Waals surface area (Å²) in [6.07, 6.45) is 2.14. The number of hydrogen-bond donors (Lipinski definition) is 2. The molecule has 0 saturated heterocycles. The zero-order valence-corrected chi connectivity index (χ0v) is 13.4. The van der Waals surface area contributed by atoms with Crippen LogP contribution in [0.4, 0.5) is 11.4 Å². The molecule has 0 unspecified atom stereocenters. The second-order valence-electron chi connectivity index (χ2n) is 6.03. The van der Waals surface area contributed by atoms with E-state index < -0.39 is 0 Å². The van der Waals surface area contributed by atoms with Gasteiger partial charge < -0.3 is 10.6 Å². The van der Waals surface area contributed by atoms with Crippen LogP contribution >= 0.6 is 0 Å². The van der Waals surface area contributed by atoms with E-state index >= 15 is 0 Å². The molecule has 2 aromatic carbocycles. The lowest BCUT2D eigenvalue weighted by molar-refractivity contribution is -0.116. The third-order valence-electron chi connectivity index (χ3n) is 4.26. The first kappa shape index (κ1) is 15.3. The van der Waals surface area contributed by atoms with Crippen LogP contribution in [-0.2, 0) is 11.2 Å². The van der Waals surface area contributed by atoms with Gasteiger partial charge in [0.2, 0.25) is 5.91 Å². The summed E-state index contributed by atoms with van der Waals surface area (Å²) in [6.45, 7) is 4.07. The number of aryl methyl sites for hydroxylation is 3. The number of rotatable bonds is 2. The molecular formula is C19H20N2O2. The summed E-state index contributed by atoms with van der Waals surface area (Å²) in [5, 5.41) is 5.81. The van der Waals surface area contributed by atoms with Gasteiger partial charge in [0.1, 0.15) is 0 Å². The maximum atomic E-state index is 12.4. The molecule has 0 atom stereocenters. The normalized spacial score (nSPS) is 13.7. The highest BCUT2D eigenvalue weighted by molar-refractivity contribution is 6.05. The topological polar surface area (TPSA) is 58.2 Å². The van der Waals surface area contributed by atoms with Gasteiger partial charge in [0.05, 0.1) is 0 Å². The Balaban J connectivity index is 1.81. The Morgan fingerprint density at radius 3 is 2.65 bits per heavy atom. The van der Waals surface area contributed by atoms with E-state index in [2.05, 4.69) is 10.6 Å². The Morgan fingerprint density at radius 2 is 1.87 bits per heavy atom. The van der Waals surface area contributed by atoms with Crippen molar-refractivity contribution in [2.24, 2.45) is 0 Å². The number of hydrogen-bond acceptors (Lipinski definition) is 2. The maximum Gasteiger partial charge on any atom is 0.255 e. The molecule has 0 radical (unpaired) electrons. The third kappa shape index (κ3) is 3.42. The number of fused-ring (bicyclic) bond motifs is 1. The average Bonchev–Trinajstić information content (AvgIpc) is 2.70. The van der Waals surface area contributed by atoms with Gasteiger partial charge in [0.25, 0.3) is 5.91 Å². The third-order valence-corrected chi connectivity index (χ3v) is 4.26. The number of amides is 2.